The van der Waals surface area contributed by atoms with E-state index in [1.807, 2.05) is 32.9 Å². The van der Waals surface area contributed by atoms with Gasteiger partial charge in [-0.05, 0) is 74.4 Å². The van der Waals surface area contributed by atoms with E-state index in [1.165, 1.54) is 4.90 Å². The predicted octanol–water partition coefficient (Wildman–Crippen LogP) is 4.81. The highest BCUT2D eigenvalue weighted by atomic mass is 16.5. The van der Waals surface area contributed by atoms with E-state index in [0.717, 1.165) is 5.56 Å². The van der Waals surface area contributed by atoms with E-state index in [1.54, 1.807) is 61.8 Å². The number of carbonyl (C=O) groups excluding carboxylic acids is 2. The van der Waals surface area contributed by atoms with Crippen LogP contribution in [0, 0.1) is 6.92 Å². The monoisotopic (exact) mass is 472 g/mol. The van der Waals surface area contributed by atoms with Gasteiger partial charge < -0.3 is 19.5 Å². The van der Waals surface area contributed by atoms with Gasteiger partial charge in [-0.25, -0.2) is 0 Å². The molecule has 7 heteroatoms. The normalized spacial score (nSPS) is 17.2. The summed E-state index contributed by atoms with van der Waals surface area (Å²) in [7, 11) is 1.55. The first kappa shape index (κ1) is 24.0. The van der Waals surface area contributed by atoms with Crippen molar-refractivity contribution in [2.75, 3.05) is 7.11 Å². The number of nitrogens with zero attached hydrogens (tertiary/aromatic N) is 2. The van der Waals surface area contributed by atoms with Crippen molar-refractivity contribution in [3.05, 3.63) is 94.8 Å². The summed E-state index contributed by atoms with van der Waals surface area (Å²) in [6.07, 6.45) is 1.63. The van der Waals surface area contributed by atoms with Crippen molar-refractivity contribution in [3.63, 3.8) is 0 Å². The van der Waals surface area contributed by atoms with Crippen LogP contribution in [0.3, 0.4) is 0 Å². The highest BCUT2D eigenvalue weighted by molar-refractivity contribution is 6.46. The molecule has 35 heavy (non-hydrogen) atoms. The lowest BCUT2D eigenvalue weighted by molar-refractivity contribution is -0.140. The molecule has 3 aromatic rings. The third-order valence-corrected chi connectivity index (χ3v) is 5.82. The van der Waals surface area contributed by atoms with Crippen molar-refractivity contribution in [1.29, 1.82) is 0 Å². The van der Waals surface area contributed by atoms with E-state index in [9.17, 15) is 14.7 Å². The first-order valence-electron chi connectivity index (χ1n) is 11.4. The van der Waals surface area contributed by atoms with E-state index < -0.39 is 17.7 Å². The first-order chi connectivity index (χ1) is 16.8. The van der Waals surface area contributed by atoms with E-state index in [0.29, 0.717) is 28.3 Å². The summed E-state index contributed by atoms with van der Waals surface area (Å²) in [5.74, 6) is -0.403. The van der Waals surface area contributed by atoms with Crippen LogP contribution >= 0.6 is 0 Å². The SMILES string of the molecule is COc1cccc(C2/C(=C(\O)c3ccc(OC(C)C)c(C)c3)C(=O)C(=O)N2Cc2ccccn2)c1. The van der Waals surface area contributed by atoms with Crippen LogP contribution in [0.5, 0.6) is 11.5 Å². The van der Waals surface area contributed by atoms with Crippen LogP contribution < -0.4 is 9.47 Å². The van der Waals surface area contributed by atoms with Gasteiger partial charge in [0.2, 0.25) is 0 Å². The summed E-state index contributed by atoms with van der Waals surface area (Å²) >= 11 is 0. The van der Waals surface area contributed by atoms with Gasteiger partial charge in [-0.2, -0.15) is 0 Å². The number of ketones is 1. The quantitative estimate of drug-likeness (QED) is 0.302. The number of benzene rings is 2. The third-order valence-electron chi connectivity index (χ3n) is 5.82. The van der Waals surface area contributed by atoms with E-state index in [2.05, 4.69) is 4.98 Å². The zero-order chi connectivity index (χ0) is 25.1. The molecule has 1 N–H and O–H groups in total. The van der Waals surface area contributed by atoms with Gasteiger partial charge in [0.25, 0.3) is 11.7 Å². The molecule has 1 amide bonds. The Hall–Kier alpha value is -4.13. The molecule has 1 unspecified atom stereocenters. The van der Waals surface area contributed by atoms with Gasteiger partial charge in [0.05, 0.1) is 37.1 Å². The molecule has 0 radical (unpaired) electrons. The second kappa shape index (κ2) is 10.0. The number of methoxy groups -OCH3 is 1. The Morgan fingerprint density at radius 2 is 1.89 bits per heavy atom. The summed E-state index contributed by atoms with van der Waals surface area (Å²) in [4.78, 5) is 32.2. The topological polar surface area (TPSA) is 89.0 Å². The van der Waals surface area contributed by atoms with Crippen LogP contribution in [-0.2, 0) is 16.1 Å². The molecule has 1 aliphatic rings. The number of pyridine rings is 1. The van der Waals surface area contributed by atoms with Gasteiger partial charge in [0.1, 0.15) is 17.3 Å². The Labute approximate surface area is 204 Å². The standard InChI is InChI=1S/C28H28N2O5/c1-17(2)35-23-12-11-20(14-18(23)3)26(31)24-25(19-8-7-10-22(15-19)34-4)30(28(33)27(24)32)16-21-9-5-6-13-29-21/h5-15,17,25,31H,16H2,1-4H3/b26-24+. The molecule has 0 bridgehead atoms. The molecule has 2 heterocycles. The molecular formula is C28H28N2O5. The second-order valence-electron chi connectivity index (χ2n) is 8.67. The number of hydrogen-bond donors (Lipinski definition) is 1. The van der Waals surface area contributed by atoms with E-state index in [-0.39, 0.29) is 24.0 Å². The lowest BCUT2D eigenvalue weighted by Crippen LogP contribution is -2.29. The number of aliphatic hydroxyl groups excluding tert-OH is 1. The zero-order valence-corrected chi connectivity index (χ0v) is 20.2. The number of carbonyl (C=O) groups is 2. The smallest absolute Gasteiger partial charge is 0.296 e. The number of likely N-dealkylation sites (tertiary alicyclic amines) is 1. The number of ether oxygens (including phenoxy) is 2. The fraction of sp³-hybridized carbons (Fsp3) is 0.250. The average molecular weight is 473 g/mol. The number of aromatic nitrogens is 1. The first-order valence-corrected chi connectivity index (χ1v) is 11.4. The molecule has 1 aromatic heterocycles. The Kier molecular flexibility index (Phi) is 6.87. The van der Waals surface area contributed by atoms with Crippen molar-refractivity contribution in [2.45, 2.75) is 39.5 Å². The Balaban J connectivity index is 1.84. The van der Waals surface area contributed by atoms with Crippen LogP contribution in [0.4, 0.5) is 0 Å². The van der Waals surface area contributed by atoms with Gasteiger partial charge in [0, 0.05) is 11.8 Å². The lowest BCUT2D eigenvalue weighted by Gasteiger charge is -2.25. The molecule has 1 atom stereocenters. The molecule has 0 aliphatic carbocycles. The largest absolute Gasteiger partial charge is 0.507 e. The average Bonchev–Trinajstić information content (AvgIpc) is 3.10. The van der Waals surface area contributed by atoms with Crippen LogP contribution in [-0.4, -0.2) is 39.9 Å². The van der Waals surface area contributed by atoms with Crippen LogP contribution in [0.1, 0.15) is 42.3 Å². The van der Waals surface area contributed by atoms with Gasteiger partial charge in [-0.1, -0.05) is 18.2 Å². The molecule has 0 saturated carbocycles. The maximum absolute atomic E-state index is 13.3. The Morgan fingerprint density at radius 1 is 1.09 bits per heavy atom. The number of aryl methyl sites for hydroxylation is 1. The predicted molar refractivity (Wildman–Crippen MR) is 132 cm³/mol. The van der Waals surface area contributed by atoms with Gasteiger partial charge in [-0.15, -0.1) is 0 Å². The van der Waals surface area contributed by atoms with Gasteiger partial charge >= 0.3 is 0 Å². The third kappa shape index (κ3) is 4.89. The van der Waals surface area contributed by atoms with Crippen molar-refractivity contribution < 1.29 is 24.2 Å². The van der Waals surface area contributed by atoms with Gasteiger partial charge in [0.15, 0.2) is 0 Å². The number of Topliss-reactive ketones (excluding diaryl/α,β-unsaturated/α-hetero) is 1. The van der Waals surface area contributed by atoms with E-state index in [4.69, 9.17) is 9.47 Å². The number of rotatable bonds is 7. The number of hydrogen-bond acceptors (Lipinski definition) is 6. The highest BCUT2D eigenvalue weighted by Crippen LogP contribution is 2.41. The van der Waals surface area contributed by atoms with Crippen LogP contribution in [0.2, 0.25) is 0 Å². The van der Waals surface area contributed by atoms with Crippen molar-refractivity contribution in [1.82, 2.24) is 9.88 Å². The fourth-order valence-corrected chi connectivity index (χ4v) is 4.21. The number of amides is 1. The molecule has 1 fully saturated rings. The number of aliphatic hydroxyl groups is 1. The summed E-state index contributed by atoms with van der Waals surface area (Å²) in [5.41, 5.74) is 2.55. The fourth-order valence-electron chi connectivity index (χ4n) is 4.21. The summed E-state index contributed by atoms with van der Waals surface area (Å²) in [5, 5.41) is 11.3. The van der Waals surface area contributed by atoms with Crippen molar-refractivity contribution >= 4 is 17.4 Å². The lowest BCUT2D eigenvalue weighted by atomic mass is 9.94. The molecule has 1 aliphatic heterocycles. The molecular weight excluding hydrogens is 444 g/mol. The molecule has 4 rings (SSSR count). The molecule has 2 aromatic carbocycles. The summed E-state index contributed by atoms with van der Waals surface area (Å²) in [6, 6.07) is 16.9. The minimum atomic E-state index is -0.806. The maximum atomic E-state index is 13.3. The van der Waals surface area contributed by atoms with Crippen LogP contribution in [0.25, 0.3) is 5.76 Å². The minimum absolute atomic E-state index is 0.00173. The second-order valence-corrected chi connectivity index (χ2v) is 8.67. The zero-order valence-electron chi connectivity index (χ0n) is 20.2. The molecule has 180 valence electrons. The maximum Gasteiger partial charge on any atom is 0.296 e. The molecule has 1 saturated heterocycles. The molecule has 7 nitrogen and oxygen atoms in total. The Bertz CT molecular complexity index is 1280. The van der Waals surface area contributed by atoms with Crippen molar-refractivity contribution in [3.8, 4) is 11.5 Å². The summed E-state index contributed by atoms with van der Waals surface area (Å²) < 4.78 is 11.2. The Morgan fingerprint density at radius 3 is 2.54 bits per heavy atom. The minimum Gasteiger partial charge on any atom is -0.507 e. The summed E-state index contributed by atoms with van der Waals surface area (Å²) in [6.45, 7) is 5.85. The van der Waals surface area contributed by atoms with Crippen LogP contribution in [0.15, 0.2) is 72.4 Å². The highest BCUT2D eigenvalue weighted by Gasteiger charge is 2.46. The molecule has 0 spiro atoms. The van der Waals surface area contributed by atoms with Gasteiger partial charge in [-0.3, -0.25) is 14.6 Å². The van der Waals surface area contributed by atoms with Crippen molar-refractivity contribution in [2.24, 2.45) is 0 Å². The van der Waals surface area contributed by atoms with E-state index >= 15 is 0 Å².